The Balaban J connectivity index is 1.52. The van der Waals surface area contributed by atoms with Gasteiger partial charge in [-0.1, -0.05) is 30.3 Å². The van der Waals surface area contributed by atoms with Crippen molar-refractivity contribution < 1.29 is 23.5 Å². The van der Waals surface area contributed by atoms with Crippen LogP contribution in [-0.2, 0) is 20.9 Å². The molecule has 0 radical (unpaired) electrons. The fraction of sp³-hybridized carbons (Fsp3) is 0.208. The minimum Gasteiger partial charge on any atom is -0.484 e. The van der Waals surface area contributed by atoms with E-state index in [1.54, 1.807) is 42.5 Å². The lowest BCUT2D eigenvalue weighted by Gasteiger charge is -2.21. The van der Waals surface area contributed by atoms with Crippen molar-refractivity contribution in [2.45, 2.75) is 13.5 Å². The standard InChI is InChI=1S/C24H25N3O5/c1-18-7-5-8-19(13-18)26-22(28)14-25-23(29)16-27(15-21-11-6-12-31-21)24(30)17-32-20-9-3-2-4-10-20/h2-13H,14-17H2,1H3,(H,25,29)(H,26,28). The molecule has 3 rings (SSSR count). The van der Waals surface area contributed by atoms with Gasteiger partial charge in [-0.15, -0.1) is 0 Å². The molecule has 0 unspecified atom stereocenters. The number of anilines is 1. The average Bonchev–Trinajstić information content (AvgIpc) is 3.29. The number of para-hydroxylation sites is 1. The molecule has 0 spiro atoms. The third kappa shape index (κ3) is 7.32. The van der Waals surface area contributed by atoms with Crippen molar-refractivity contribution in [2.75, 3.05) is 25.0 Å². The highest BCUT2D eigenvalue weighted by Gasteiger charge is 2.20. The number of hydrogen-bond donors (Lipinski definition) is 2. The number of rotatable bonds is 10. The first-order valence-electron chi connectivity index (χ1n) is 10.1. The summed E-state index contributed by atoms with van der Waals surface area (Å²) in [5, 5.41) is 5.26. The van der Waals surface area contributed by atoms with Gasteiger partial charge in [0.05, 0.1) is 19.4 Å². The Morgan fingerprint density at radius 3 is 2.50 bits per heavy atom. The first kappa shape index (κ1) is 22.6. The van der Waals surface area contributed by atoms with Crippen LogP contribution >= 0.6 is 0 Å². The van der Waals surface area contributed by atoms with Crippen molar-refractivity contribution in [2.24, 2.45) is 0 Å². The Labute approximate surface area is 186 Å². The molecule has 0 saturated carbocycles. The third-order valence-electron chi connectivity index (χ3n) is 4.47. The summed E-state index contributed by atoms with van der Waals surface area (Å²) in [5.41, 5.74) is 1.66. The van der Waals surface area contributed by atoms with E-state index in [-0.39, 0.29) is 38.1 Å². The maximum absolute atomic E-state index is 12.7. The zero-order valence-electron chi connectivity index (χ0n) is 17.7. The lowest BCUT2D eigenvalue weighted by atomic mass is 10.2. The molecule has 0 aliphatic carbocycles. The highest BCUT2D eigenvalue weighted by molar-refractivity contribution is 5.95. The fourth-order valence-electron chi connectivity index (χ4n) is 2.91. The summed E-state index contributed by atoms with van der Waals surface area (Å²) in [6.07, 6.45) is 1.49. The van der Waals surface area contributed by atoms with Crippen LogP contribution in [0.25, 0.3) is 0 Å². The number of furan rings is 1. The van der Waals surface area contributed by atoms with Crippen molar-refractivity contribution >= 4 is 23.4 Å². The van der Waals surface area contributed by atoms with Gasteiger partial charge in [-0.05, 0) is 48.9 Å². The van der Waals surface area contributed by atoms with E-state index in [9.17, 15) is 14.4 Å². The van der Waals surface area contributed by atoms with Crippen molar-refractivity contribution in [1.82, 2.24) is 10.2 Å². The molecule has 0 fully saturated rings. The second kappa shape index (κ2) is 11.4. The summed E-state index contributed by atoms with van der Waals surface area (Å²) in [6, 6.07) is 19.7. The molecule has 1 aromatic heterocycles. The SMILES string of the molecule is Cc1cccc(NC(=O)CNC(=O)CN(Cc2ccco2)C(=O)COc2ccccc2)c1. The van der Waals surface area contributed by atoms with Gasteiger partial charge in [-0.2, -0.15) is 0 Å². The molecule has 166 valence electrons. The number of nitrogens with one attached hydrogen (secondary N) is 2. The van der Waals surface area contributed by atoms with Gasteiger partial charge < -0.3 is 24.7 Å². The van der Waals surface area contributed by atoms with Crippen LogP contribution in [0.3, 0.4) is 0 Å². The highest BCUT2D eigenvalue weighted by atomic mass is 16.5. The van der Waals surface area contributed by atoms with Gasteiger partial charge in [-0.25, -0.2) is 0 Å². The highest BCUT2D eigenvalue weighted by Crippen LogP contribution is 2.11. The van der Waals surface area contributed by atoms with E-state index in [1.165, 1.54) is 11.2 Å². The maximum Gasteiger partial charge on any atom is 0.261 e. The van der Waals surface area contributed by atoms with Gasteiger partial charge in [0.2, 0.25) is 11.8 Å². The monoisotopic (exact) mass is 435 g/mol. The van der Waals surface area contributed by atoms with Gasteiger partial charge in [-0.3, -0.25) is 14.4 Å². The van der Waals surface area contributed by atoms with Crippen LogP contribution in [0.15, 0.2) is 77.4 Å². The maximum atomic E-state index is 12.7. The Hall–Kier alpha value is -4.07. The molecule has 0 bridgehead atoms. The molecular weight excluding hydrogens is 410 g/mol. The number of nitrogens with zero attached hydrogens (tertiary/aromatic N) is 1. The summed E-state index contributed by atoms with van der Waals surface area (Å²) in [7, 11) is 0. The lowest BCUT2D eigenvalue weighted by Crippen LogP contribution is -2.44. The first-order valence-corrected chi connectivity index (χ1v) is 10.1. The number of carbonyl (C=O) groups excluding carboxylic acids is 3. The molecule has 0 aliphatic rings. The van der Waals surface area contributed by atoms with Crippen LogP contribution in [0.1, 0.15) is 11.3 Å². The van der Waals surface area contributed by atoms with E-state index in [4.69, 9.17) is 9.15 Å². The van der Waals surface area contributed by atoms with Crippen LogP contribution in [0.5, 0.6) is 5.75 Å². The average molecular weight is 435 g/mol. The van der Waals surface area contributed by atoms with E-state index < -0.39 is 5.91 Å². The fourth-order valence-corrected chi connectivity index (χ4v) is 2.91. The Morgan fingerprint density at radius 1 is 0.969 bits per heavy atom. The number of carbonyl (C=O) groups is 3. The van der Waals surface area contributed by atoms with Gasteiger partial charge >= 0.3 is 0 Å². The number of ether oxygens (including phenoxy) is 1. The molecule has 3 aromatic rings. The van der Waals surface area contributed by atoms with Gasteiger partial charge in [0, 0.05) is 5.69 Å². The summed E-state index contributed by atoms with van der Waals surface area (Å²) in [4.78, 5) is 38.5. The molecule has 0 atom stereocenters. The van der Waals surface area contributed by atoms with Gasteiger partial charge in [0.25, 0.3) is 5.91 Å². The topological polar surface area (TPSA) is 101 Å². The second-order valence-electron chi connectivity index (χ2n) is 7.13. The van der Waals surface area contributed by atoms with Crippen LogP contribution in [0, 0.1) is 6.92 Å². The Kier molecular flexibility index (Phi) is 8.02. The molecule has 8 heteroatoms. The minimum absolute atomic E-state index is 0.104. The van der Waals surface area contributed by atoms with E-state index in [2.05, 4.69) is 10.6 Å². The van der Waals surface area contributed by atoms with Crippen molar-refractivity contribution in [3.05, 3.63) is 84.3 Å². The summed E-state index contributed by atoms with van der Waals surface area (Å²) in [5.74, 6) is -0.131. The van der Waals surface area contributed by atoms with Crippen LogP contribution in [-0.4, -0.2) is 42.3 Å². The molecule has 0 aliphatic heterocycles. The molecule has 2 N–H and O–H groups in total. The number of amides is 3. The van der Waals surface area contributed by atoms with E-state index >= 15 is 0 Å². The van der Waals surface area contributed by atoms with E-state index in [0.717, 1.165) is 5.56 Å². The summed E-state index contributed by atoms with van der Waals surface area (Å²) >= 11 is 0. The zero-order valence-corrected chi connectivity index (χ0v) is 17.7. The number of hydrogen-bond acceptors (Lipinski definition) is 5. The first-order chi connectivity index (χ1) is 15.5. The molecule has 32 heavy (non-hydrogen) atoms. The van der Waals surface area contributed by atoms with Crippen molar-refractivity contribution in [3.8, 4) is 5.75 Å². The number of aryl methyl sites for hydroxylation is 1. The number of benzene rings is 2. The largest absolute Gasteiger partial charge is 0.484 e. The van der Waals surface area contributed by atoms with E-state index in [0.29, 0.717) is 17.2 Å². The molecule has 8 nitrogen and oxygen atoms in total. The molecule has 2 aromatic carbocycles. The molecule has 0 saturated heterocycles. The lowest BCUT2D eigenvalue weighted by molar-refractivity contribution is -0.138. The van der Waals surface area contributed by atoms with Crippen LogP contribution in [0.2, 0.25) is 0 Å². The van der Waals surface area contributed by atoms with Gasteiger partial charge in [0.1, 0.15) is 18.1 Å². The molecular formula is C24H25N3O5. The van der Waals surface area contributed by atoms with Crippen LogP contribution in [0.4, 0.5) is 5.69 Å². The Bertz CT molecular complexity index is 1030. The summed E-state index contributed by atoms with van der Waals surface area (Å²) in [6.45, 7) is 1.34. The minimum atomic E-state index is -0.469. The second-order valence-corrected chi connectivity index (χ2v) is 7.13. The summed E-state index contributed by atoms with van der Waals surface area (Å²) < 4.78 is 10.8. The molecule has 3 amide bonds. The van der Waals surface area contributed by atoms with Crippen molar-refractivity contribution in [1.29, 1.82) is 0 Å². The van der Waals surface area contributed by atoms with Crippen LogP contribution < -0.4 is 15.4 Å². The normalized spacial score (nSPS) is 10.3. The zero-order chi connectivity index (χ0) is 22.8. The van der Waals surface area contributed by atoms with Crippen molar-refractivity contribution in [3.63, 3.8) is 0 Å². The third-order valence-corrected chi connectivity index (χ3v) is 4.47. The smallest absolute Gasteiger partial charge is 0.261 e. The quantitative estimate of drug-likeness (QED) is 0.510. The predicted octanol–water partition coefficient (Wildman–Crippen LogP) is 2.75. The molecule has 1 heterocycles. The van der Waals surface area contributed by atoms with Gasteiger partial charge in [0.15, 0.2) is 6.61 Å². The Morgan fingerprint density at radius 2 is 1.78 bits per heavy atom. The van der Waals surface area contributed by atoms with E-state index in [1.807, 2.05) is 31.2 Å². The predicted molar refractivity (Wildman–Crippen MR) is 119 cm³/mol.